The van der Waals surface area contributed by atoms with Crippen LogP contribution in [0.3, 0.4) is 0 Å². The van der Waals surface area contributed by atoms with Gasteiger partial charge in [-0.1, -0.05) is 0 Å². The molecule has 320 valence electrons. The molecule has 7 heterocycles. The summed E-state index contributed by atoms with van der Waals surface area (Å²) >= 11 is 0. The fourth-order valence-corrected chi connectivity index (χ4v) is 6.75. The Bertz CT molecular complexity index is 2480. The van der Waals surface area contributed by atoms with Gasteiger partial charge in [0, 0.05) is 62.8 Å². The molecule has 20 heteroatoms. The summed E-state index contributed by atoms with van der Waals surface area (Å²) in [7, 11) is 0. The van der Waals surface area contributed by atoms with Crippen LogP contribution < -0.4 is 20.6 Å². The van der Waals surface area contributed by atoms with Crippen LogP contribution in [0.25, 0.3) is 22.1 Å². The number of likely N-dealkylation sites (tertiary alicyclic amines) is 1. The van der Waals surface area contributed by atoms with Gasteiger partial charge in [-0.25, -0.2) is 4.79 Å². The van der Waals surface area contributed by atoms with Crippen molar-refractivity contribution < 1.29 is 50.1 Å². The highest BCUT2D eigenvalue weighted by atomic mass is 19.4. The predicted octanol–water partition coefficient (Wildman–Crippen LogP) is 6.10. The zero-order valence-corrected chi connectivity index (χ0v) is 32.8. The number of carbonyl (C=O) groups excluding carboxylic acids is 2. The number of alkyl halides is 6. The van der Waals surface area contributed by atoms with Gasteiger partial charge in [0.25, 0.3) is 11.1 Å². The molecule has 0 unspecified atom stereocenters. The normalized spacial score (nSPS) is 15.0. The van der Waals surface area contributed by atoms with Crippen molar-refractivity contribution in [3.05, 3.63) is 98.6 Å². The number of amides is 1. The standard InChI is InChI=1S/C29H34F3N5O5.C11H7F3N2O2/c1-28(2,3)42-27(39)37(18-20-15-24-25(17-33-20)41-13-12-40-24)21-6-8-35(9-7-21)10-11-36-23-14-19(29(30,31)32)16-34-22(23)4-5-26(36)38;12-11(13,14)7-5-9-8(15-6-7)1-2-10(18)16(9)3-4-17/h4-5,14-17,21H,6-13,18H2,1-3H3;1-2,4-6H,3H2. The molecule has 0 atom stereocenters. The minimum Gasteiger partial charge on any atom is -0.486 e. The molecule has 1 saturated heterocycles. The lowest BCUT2D eigenvalue weighted by atomic mass is 10.0. The van der Waals surface area contributed by atoms with Crippen LogP contribution in [0.1, 0.15) is 50.4 Å². The molecular weight excluding hydrogens is 804 g/mol. The van der Waals surface area contributed by atoms with E-state index < -0.39 is 40.7 Å². The number of halogens is 6. The van der Waals surface area contributed by atoms with E-state index >= 15 is 0 Å². The van der Waals surface area contributed by atoms with Crippen LogP contribution >= 0.6 is 0 Å². The first kappa shape index (κ1) is 43.5. The first-order chi connectivity index (χ1) is 28.3. The van der Waals surface area contributed by atoms with E-state index in [1.165, 1.54) is 22.8 Å². The Labute approximate surface area is 338 Å². The Balaban J connectivity index is 0.000000279. The predicted molar refractivity (Wildman–Crippen MR) is 205 cm³/mol. The fourth-order valence-electron chi connectivity index (χ4n) is 6.75. The molecule has 7 rings (SSSR count). The molecule has 14 nitrogen and oxygen atoms in total. The number of ether oxygens (including phenoxy) is 3. The fraction of sp³-hybridized carbons (Fsp3) is 0.425. The van der Waals surface area contributed by atoms with Crippen LogP contribution in [-0.4, -0.2) is 90.8 Å². The highest BCUT2D eigenvalue weighted by Crippen LogP contribution is 2.33. The summed E-state index contributed by atoms with van der Waals surface area (Å²) in [5, 5.41) is 0. The van der Waals surface area contributed by atoms with E-state index in [2.05, 4.69) is 19.9 Å². The van der Waals surface area contributed by atoms with E-state index in [4.69, 9.17) is 14.2 Å². The quantitative estimate of drug-likeness (QED) is 0.132. The number of carbonyl (C=O) groups is 2. The Morgan fingerprint density at radius 1 is 0.783 bits per heavy atom. The molecule has 0 spiro atoms. The van der Waals surface area contributed by atoms with Crippen molar-refractivity contribution in [1.82, 2.24) is 33.9 Å². The monoisotopic (exact) mass is 845 g/mol. The van der Waals surface area contributed by atoms with E-state index in [0.29, 0.717) is 80.9 Å². The largest absolute Gasteiger partial charge is 0.486 e. The number of aromatic nitrogens is 5. The molecule has 1 amide bonds. The summed E-state index contributed by atoms with van der Waals surface area (Å²) in [5.41, 5.74) is -2.13. The van der Waals surface area contributed by atoms with E-state index in [-0.39, 0.29) is 47.8 Å². The molecule has 0 radical (unpaired) electrons. The van der Waals surface area contributed by atoms with E-state index in [9.17, 15) is 45.5 Å². The first-order valence-electron chi connectivity index (χ1n) is 18.8. The van der Waals surface area contributed by atoms with E-state index in [1.807, 2.05) is 20.8 Å². The molecule has 0 aliphatic carbocycles. The summed E-state index contributed by atoms with van der Waals surface area (Å²) in [6.45, 7) is 8.19. The molecule has 5 aromatic rings. The van der Waals surface area contributed by atoms with Gasteiger partial charge in [-0.05, 0) is 57.9 Å². The van der Waals surface area contributed by atoms with Crippen LogP contribution in [0.2, 0.25) is 0 Å². The second kappa shape index (κ2) is 17.7. The molecule has 2 aliphatic rings. The van der Waals surface area contributed by atoms with Crippen LogP contribution in [-0.2, 0) is 41.5 Å². The van der Waals surface area contributed by atoms with E-state index in [1.54, 1.807) is 17.2 Å². The second-order valence-corrected chi connectivity index (χ2v) is 15.0. The Hall–Kier alpha value is -6.05. The van der Waals surface area contributed by atoms with Gasteiger partial charge in [0.05, 0.1) is 58.2 Å². The molecule has 0 saturated carbocycles. The van der Waals surface area contributed by atoms with Crippen LogP contribution in [0.5, 0.6) is 11.5 Å². The van der Waals surface area contributed by atoms with Crippen molar-refractivity contribution in [2.45, 2.75) is 77.2 Å². The number of piperidine rings is 1. The van der Waals surface area contributed by atoms with Gasteiger partial charge in [0.2, 0.25) is 0 Å². The summed E-state index contributed by atoms with van der Waals surface area (Å²) < 4.78 is 96.8. The summed E-state index contributed by atoms with van der Waals surface area (Å²) in [6.07, 6.45) is -4.73. The minimum absolute atomic E-state index is 0.00979. The first-order valence-corrected chi connectivity index (χ1v) is 18.8. The molecule has 0 bridgehead atoms. The van der Waals surface area contributed by atoms with Crippen LogP contribution in [0.15, 0.2) is 70.6 Å². The molecule has 5 aromatic heterocycles. The summed E-state index contributed by atoms with van der Waals surface area (Å²) in [6, 6.07) is 8.67. The third-order valence-corrected chi connectivity index (χ3v) is 9.67. The molecule has 1 fully saturated rings. The molecule has 0 aromatic carbocycles. The maximum Gasteiger partial charge on any atom is 0.417 e. The van der Waals surface area contributed by atoms with Crippen LogP contribution in [0, 0.1) is 0 Å². The van der Waals surface area contributed by atoms with Gasteiger partial charge < -0.3 is 28.5 Å². The Morgan fingerprint density at radius 2 is 1.33 bits per heavy atom. The Kier molecular flexibility index (Phi) is 12.8. The van der Waals surface area contributed by atoms with Crippen molar-refractivity contribution in [1.29, 1.82) is 0 Å². The van der Waals surface area contributed by atoms with Gasteiger partial charge in [-0.3, -0.25) is 34.0 Å². The zero-order valence-electron chi connectivity index (χ0n) is 32.8. The number of hydrogen-bond donors (Lipinski definition) is 0. The van der Waals surface area contributed by atoms with Crippen molar-refractivity contribution in [3.8, 4) is 11.5 Å². The second-order valence-electron chi connectivity index (χ2n) is 15.0. The average Bonchev–Trinajstić information content (AvgIpc) is 3.19. The lowest BCUT2D eigenvalue weighted by Gasteiger charge is -2.39. The molecule has 2 aliphatic heterocycles. The summed E-state index contributed by atoms with van der Waals surface area (Å²) in [5.74, 6) is 1.16. The average molecular weight is 846 g/mol. The molecule has 0 N–H and O–H groups in total. The van der Waals surface area contributed by atoms with Crippen molar-refractivity contribution >= 4 is 34.4 Å². The van der Waals surface area contributed by atoms with Gasteiger partial charge in [0.15, 0.2) is 11.5 Å². The number of fused-ring (bicyclic) bond motifs is 3. The zero-order chi connectivity index (χ0) is 43.4. The smallest absolute Gasteiger partial charge is 0.417 e. The number of pyridine rings is 5. The van der Waals surface area contributed by atoms with Crippen molar-refractivity contribution in [3.63, 3.8) is 0 Å². The van der Waals surface area contributed by atoms with Crippen LogP contribution in [0.4, 0.5) is 31.1 Å². The number of nitrogens with zero attached hydrogens (tertiary/aromatic N) is 7. The van der Waals surface area contributed by atoms with E-state index in [0.717, 1.165) is 29.0 Å². The maximum absolute atomic E-state index is 13.3. The van der Waals surface area contributed by atoms with Crippen molar-refractivity contribution in [2.75, 3.05) is 32.8 Å². The third-order valence-electron chi connectivity index (χ3n) is 9.67. The Morgan fingerprint density at radius 3 is 1.88 bits per heavy atom. The summed E-state index contributed by atoms with van der Waals surface area (Å²) in [4.78, 5) is 63.7. The minimum atomic E-state index is -4.56. The number of hydrogen-bond acceptors (Lipinski definition) is 11. The third kappa shape index (κ3) is 10.6. The molecular formula is C40H41F6N7O7. The maximum atomic E-state index is 13.3. The van der Waals surface area contributed by atoms with Gasteiger partial charge in [-0.2, -0.15) is 26.3 Å². The van der Waals surface area contributed by atoms with Gasteiger partial charge in [0.1, 0.15) is 25.1 Å². The van der Waals surface area contributed by atoms with Crippen molar-refractivity contribution in [2.24, 2.45) is 0 Å². The topological polar surface area (TPSA) is 151 Å². The van der Waals surface area contributed by atoms with Gasteiger partial charge >= 0.3 is 18.4 Å². The van der Waals surface area contributed by atoms with Gasteiger partial charge in [-0.15, -0.1) is 0 Å². The highest BCUT2D eigenvalue weighted by Gasteiger charge is 2.34. The lowest BCUT2D eigenvalue weighted by Crippen LogP contribution is -2.49. The SMILES string of the molecule is CC(C)(C)OC(=O)N(Cc1cc2c(cn1)OCCO2)C1CCN(CCn2c(=O)ccc3ncc(C(F)(F)F)cc32)CC1.O=CCn1c(=O)ccc2ncc(C(F)(F)F)cc21. The molecule has 60 heavy (non-hydrogen) atoms. The highest BCUT2D eigenvalue weighted by molar-refractivity contribution is 5.76. The lowest BCUT2D eigenvalue weighted by molar-refractivity contribution is -0.138. The number of rotatable bonds is 8. The number of aldehydes is 1.